The molecule has 0 aliphatic heterocycles. The minimum absolute atomic E-state index is 0.0178. The quantitative estimate of drug-likeness (QED) is 0.172. The molecule has 0 aromatic heterocycles. The molecule has 25 heavy (non-hydrogen) atoms. The minimum Gasteiger partial charge on any atom is -0.478 e. The van der Waals surface area contributed by atoms with E-state index in [2.05, 4.69) is 10.4 Å². The molecule has 0 saturated carbocycles. The van der Waals surface area contributed by atoms with Crippen molar-refractivity contribution in [2.75, 3.05) is 0 Å². The maximum Gasteiger partial charge on any atom is 0.328 e. The molecule has 0 heterocycles. The molecule has 0 fully saturated rings. The van der Waals surface area contributed by atoms with E-state index in [4.69, 9.17) is 10.9 Å². The van der Waals surface area contributed by atoms with Gasteiger partial charge in [-0.3, -0.25) is 4.79 Å². The third-order valence-electron chi connectivity index (χ3n) is 3.47. The summed E-state index contributed by atoms with van der Waals surface area (Å²) < 4.78 is 0. The zero-order valence-corrected chi connectivity index (χ0v) is 13.6. The van der Waals surface area contributed by atoms with E-state index in [1.54, 1.807) is 24.3 Å². The number of nitrogens with zero attached hydrogens (tertiary/aromatic N) is 1. The number of carboxylic acids is 1. The highest BCUT2D eigenvalue weighted by molar-refractivity contribution is 5.97. The van der Waals surface area contributed by atoms with Crippen molar-refractivity contribution in [2.24, 2.45) is 10.8 Å². The first-order chi connectivity index (χ1) is 12.1. The molecular formula is C19H19N3O3. The van der Waals surface area contributed by atoms with Crippen molar-refractivity contribution < 1.29 is 14.7 Å². The van der Waals surface area contributed by atoms with Gasteiger partial charge in [0.1, 0.15) is 6.34 Å². The van der Waals surface area contributed by atoms with Gasteiger partial charge in [-0.05, 0) is 35.8 Å². The lowest BCUT2D eigenvalue weighted by molar-refractivity contribution is -0.131. The van der Waals surface area contributed by atoms with Crippen LogP contribution in [0, 0.1) is 0 Å². The Morgan fingerprint density at radius 1 is 1.16 bits per heavy atom. The van der Waals surface area contributed by atoms with Crippen molar-refractivity contribution in [3.8, 4) is 0 Å². The Morgan fingerprint density at radius 3 is 2.72 bits per heavy atom. The second-order valence-electron chi connectivity index (χ2n) is 5.31. The van der Waals surface area contributed by atoms with Crippen LogP contribution in [0.25, 0.3) is 6.08 Å². The molecular weight excluding hydrogens is 318 g/mol. The lowest BCUT2D eigenvalue weighted by atomic mass is 10.0. The first-order valence-corrected chi connectivity index (χ1v) is 7.70. The highest BCUT2D eigenvalue weighted by atomic mass is 16.4. The molecule has 0 aliphatic rings. The Bertz CT molecular complexity index is 813. The van der Waals surface area contributed by atoms with Crippen molar-refractivity contribution in [2.45, 2.75) is 12.8 Å². The summed E-state index contributed by atoms with van der Waals surface area (Å²) in [4.78, 5) is 27.0. The first kappa shape index (κ1) is 18.1. The average molecular weight is 337 g/mol. The summed E-state index contributed by atoms with van der Waals surface area (Å²) >= 11 is 0. The van der Waals surface area contributed by atoms with E-state index in [0.29, 0.717) is 24.1 Å². The standard InChI is InChI=1S/C19H19N3O3/c20-22-13-21-17-6-2-5-16(12-17)18(23)9-7-14-3-1-4-15(11-14)8-10-19(24)25/h1-6,8,10-13H,7,9,20H2,(H,21,22)(H,24,25). The number of carbonyl (C=O) groups is 2. The predicted molar refractivity (Wildman–Crippen MR) is 97.7 cm³/mol. The molecule has 128 valence electrons. The van der Waals surface area contributed by atoms with Gasteiger partial charge < -0.3 is 10.5 Å². The van der Waals surface area contributed by atoms with E-state index in [0.717, 1.165) is 17.2 Å². The van der Waals surface area contributed by atoms with E-state index >= 15 is 0 Å². The molecule has 0 bridgehead atoms. The van der Waals surface area contributed by atoms with Crippen LogP contribution in [0.3, 0.4) is 0 Å². The van der Waals surface area contributed by atoms with Gasteiger partial charge in [-0.1, -0.05) is 36.4 Å². The van der Waals surface area contributed by atoms with Crippen LogP contribution in [-0.4, -0.2) is 23.2 Å². The van der Waals surface area contributed by atoms with Gasteiger partial charge in [-0.15, -0.1) is 0 Å². The van der Waals surface area contributed by atoms with Gasteiger partial charge in [-0.2, -0.15) is 0 Å². The Labute approximate surface area is 145 Å². The molecule has 2 rings (SSSR count). The fourth-order valence-electron chi connectivity index (χ4n) is 2.29. The Balaban J connectivity index is 2.01. The van der Waals surface area contributed by atoms with Crippen LogP contribution in [-0.2, 0) is 11.2 Å². The number of ketones is 1. The highest BCUT2D eigenvalue weighted by Gasteiger charge is 2.07. The van der Waals surface area contributed by atoms with Crippen LogP contribution in [0.2, 0.25) is 0 Å². The highest BCUT2D eigenvalue weighted by Crippen LogP contribution is 2.16. The van der Waals surface area contributed by atoms with Crippen LogP contribution in [0.15, 0.2) is 59.6 Å². The topological polar surface area (TPSA) is 105 Å². The smallest absolute Gasteiger partial charge is 0.328 e. The van der Waals surface area contributed by atoms with Gasteiger partial charge in [0, 0.05) is 18.1 Å². The second-order valence-corrected chi connectivity index (χ2v) is 5.31. The zero-order valence-electron chi connectivity index (χ0n) is 13.6. The molecule has 0 saturated heterocycles. The number of aliphatic imine (C=N–C) groups is 1. The molecule has 0 radical (unpaired) electrons. The number of aliphatic carboxylic acids is 1. The minimum atomic E-state index is -0.993. The maximum atomic E-state index is 12.4. The van der Waals surface area contributed by atoms with Gasteiger partial charge in [0.25, 0.3) is 0 Å². The number of benzene rings is 2. The predicted octanol–water partition coefficient (Wildman–Crippen LogP) is 2.72. The summed E-state index contributed by atoms with van der Waals surface area (Å²) in [5.74, 6) is 4.16. The lowest BCUT2D eigenvalue weighted by Crippen LogP contribution is -2.18. The van der Waals surface area contributed by atoms with Crippen LogP contribution in [0.4, 0.5) is 5.69 Å². The largest absolute Gasteiger partial charge is 0.478 e. The van der Waals surface area contributed by atoms with Crippen molar-refractivity contribution in [3.63, 3.8) is 0 Å². The van der Waals surface area contributed by atoms with Gasteiger partial charge >= 0.3 is 5.97 Å². The molecule has 0 amide bonds. The van der Waals surface area contributed by atoms with Gasteiger partial charge in [0.2, 0.25) is 0 Å². The molecule has 4 N–H and O–H groups in total. The second kappa shape index (κ2) is 9.14. The summed E-state index contributed by atoms with van der Waals surface area (Å²) in [5, 5.41) is 8.67. The van der Waals surface area contributed by atoms with Crippen LogP contribution >= 0.6 is 0 Å². The fourth-order valence-corrected chi connectivity index (χ4v) is 2.29. The number of carboxylic acid groups (broad SMARTS) is 1. The Morgan fingerprint density at radius 2 is 1.96 bits per heavy atom. The Kier molecular flexibility index (Phi) is 6.62. The van der Waals surface area contributed by atoms with Crippen LogP contribution < -0.4 is 11.3 Å². The van der Waals surface area contributed by atoms with E-state index in [1.165, 1.54) is 12.4 Å². The van der Waals surface area contributed by atoms with E-state index in [1.807, 2.05) is 24.3 Å². The number of rotatable bonds is 8. The Hall–Kier alpha value is -3.25. The van der Waals surface area contributed by atoms with Crippen LogP contribution in [0.1, 0.15) is 27.9 Å². The number of Topliss-reactive ketones (excluding diaryl/α,β-unsaturated/α-hetero) is 1. The number of hydrazine groups is 1. The first-order valence-electron chi connectivity index (χ1n) is 7.70. The average Bonchev–Trinajstić information content (AvgIpc) is 2.63. The van der Waals surface area contributed by atoms with E-state index in [-0.39, 0.29) is 5.78 Å². The number of nitrogens with one attached hydrogen (secondary N) is 1. The third-order valence-corrected chi connectivity index (χ3v) is 3.47. The fraction of sp³-hybridized carbons (Fsp3) is 0.105. The zero-order chi connectivity index (χ0) is 18.1. The third kappa shape index (κ3) is 6.04. The van der Waals surface area contributed by atoms with Crippen LogP contribution in [0.5, 0.6) is 0 Å². The summed E-state index contributed by atoms with van der Waals surface area (Å²) in [6, 6.07) is 14.5. The summed E-state index contributed by atoms with van der Waals surface area (Å²) in [6.07, 6.45) is 4.90. The summed E-state index contributed by atoms with van der Waals surface area (Å²) in [7, 11) is 0. The van der Waals surface area contributed by atoms with Gasteiger partial charge in [0.05, 0.1) is 5.69 Å². The molecule has 0 spiro atoms. The van der Waals surface area contributed by atoms with Gasteiger partial charge in [-0.25, -0.2) is 15.6 Å². The molecule has 2 aromatic rings. The normalized spacial score (nSPS) is 11.1. The van der Waals surface area contributed by atoms with Crippen molar-refractivity contribution in [3.05, 3.63) is 71.3 Å². The summed E-state index contributed by atoms with van der Waals surface area (Å²) in [6.45, 7) is 0. The van der Waals surface area contributed by atoms with E-state index in [9.17, 15) is 9.59 Å². The number of nitrogens with two attached hydrogens (primary N) is 1. The molecule has 0 aliphatic carbocycles. The SMILES string of the molecule is NNC=Nc1cccc(C(=O)CCc2cccc(C=CC(=O)O)c2)c1. The molecule has 6 heteroatoms. The van der Waals surface area contributed by atoms with Gasteiger partial charge in [0.15, 0.2) is 5.78 Å². The number of aryl methyl sites for hydroxylation is 1. The monoisotopic (exact) mass is 337 g/mol. The number of hydrogen-bond acceptors (Lipinski definition) is 4. The van der Waals surface area contributed by atoms with E-state index < -0.39 is 5.97 Å². The number of carbonyl (C=O) groups excluding carboxylic acids is 1. The molecule has 2 aromatic carbocycles. The molecule has 0 atom stereocenters. The molecule has 6 nitrogen and oxygen atoms in total. The van der Waals surface area contributed by atoms with Crippen molar-refractivity contribution in [1.29, 1.82) is 0 Å². The maximum absolute atomic E-state index is 12.4. The summed E-state index contributed by atoms with van der Waals surface area (Å²) in [5.41, 5.74) is 5.31. The van der Waals surface area contributed by atoms with Crippen molar-refractivity contribution >= 4 is 29.9 Å². The lowest BCUT2D eigenvalue weighted by Gasteiger charge is -2.04. The molecule has 0 unspecified atom stereocenters. The number of hydrogen-bond donors (Lipinski definition) is 3. The van der Waals surface area contributed by atoms with Crippen molar-refractivity contribution in [1.82, 2.24) is 5.43 Å².